The molecular formula is C18H16FN3O2S. The molecule has 0 aromatic heterocycles. The predicted octanol–water partition coefficient (Wildman–Crippen LogP) is 3.42. The third-order valence-electron chi connectivity index (χ3n) is 3.67. The monoisotopic (exact) mass is 357 g/mol. The topological polar surface area (TPSA) is 61.8 Å². The van der Waals surface area contributed by atoms with Crippen molar-refractivity contribution in [1.29, 1.82) is 0 Å². The van der Waals surface area contributed by atoms with E-state index >= 15 is 0 Å². The Hall–Kier alpha value is -2.67. The minimum absolute atomic E-state index is 0.0370. The fourth-order valence-electron chi connectivity index (χ4n) is 2.29. The number of amidine groups is 1. The van der Waals surface area contributed by atoms with Crippen molar-refractivity contribution >= 4 is 40.1 Å². The van der Waals surface area contributed by atoms with Gasteiger partial charge in [0.15, 0.2) is 5.17 Å². The van der Waals surface area contributed by atoms with Gasteiger partial charge < -0.3 is 5.32 Å². The molecule has 0 radical (unpaired) electrons. The second kappa shape index (κ2) is 7.48. The Morgan fingerprint density at radius 1 is 1.20 bits per heavy atom. The maximum atomic E-state index is 13.7. The summed E-state index contributed by atoms with van der Waals surface area (Å²) in [6.07, 6.45) is 0.0370. The van der Waals surface area contributed by atoms with E-state index in [2.05, 4.69) is 10.3 Å². The summed E-state index contributed by atoms with van der Waals surface area (Å²) >= 11 is 1.19. The molecule has 0 aliphatic carbocycles. The first-order chi connectivity index (χ1) is 12.0. The third-order valence-corrected chi connectivity index (χ3v) is 4.92. The molecule has 1 aliphatic rings. The van der Waals surface area contributed by atoms with Gasteiger partial charge in [0.1, 0.15) is 11.1 Å². The summed E-state index contributed by atoms with van der Waals surface area (Å²) in [5.41, 5.74) is 0.792. The fourth-order valence-corrected chi connectivity index (χ4v) is 3.35. The van der Waals surface area contributed by atoms with Gasteiger partial charge in [0.05, 0.1) is 11.4 Å². The Balaban J connectivity index is 1.78. The number of amides is 2. The second-order valence-electron chi connectivity index (χ2n) is 5.46. The summed E-state index contributed by atoms with van der Waals surface area (Å²) in [4.78, 5) is 30.5. The number of nitrogens with zero attached hydrogens (tertiary/aromatic N) is 2. The first kappa shape index (κ1) is 17.2. The van der Waals surface area contributed by atoms with Gasteiger partial charge in [-0.3, -0.25) is 14.5 Å². The number of benzene rings is 2. The molecule has 1 unspecified atom stereocenters. The molecule has 1 aliphatic heterocycles. The van der Waals surface area contributed by atoms with Crippen molar-refractivity contribution in [3.8, 4) is 0 Å². The van der Waals surface area contributed by atoms with Gasteiger partial charge in [0.2, 0.25) is 11.8 Å². The number of nitrogens with one attached hydrogen (secondary N) is 1. The van der Waals surface area contributed by atoms with Crippen molar-refractivity contribution in [2.24, 2.45) is 4.99 Å². The van der Waals surface area contributed by atoms with Gasteiger partial charge in [0, 0.05) is 13.5 Å². The maximum absolute atomic E-state index is 13.7. The molecule has 5 nitrogen and oxygen atoms in total. The standard InChI is InChI=1S/C18H16FN3O2S/c1-22-16(23)11-15(17(24)21-14-10-6-5-9-13(14)19)25-18(22)20-12-7-3-2-4-8-12/h2-10,15H,11H2,1H3,(H,21,24). The Morgan fingerprint density at radius 2 is 1.88 bits per heavy atom. The van der Waals surface area contributed by atoms with Gasteiger partial charge >= 0.3 is 0 Å². The number of anilines is 1. The van der Waals surface area contributed by atoms with Gasteiger partial charge in [0.25, 0.3) is 0 Å². The average molecular weight is 357 g/mol. The summed E-state index contributed by atoms with van der Waals surface area (Å²) < 4.78 is 13.7. The highest BCUT2D eigenvalue weighted by Gasteiger charge is 2.34. The van der Waals surface area contributed by atoms with Crippen molar-refractivity contribution in [3.05, 3.63) is 60.4 Å². The molecule has 1 fully saturated rings. The zero-order chi connectivity index (χ0) is 17.8. The van der Waals surface area contributed by atoms with Gasteiger partial charge in [-0.2, -0.15) is 0 Å². The van der Waals surface area contributed by atoms with Crippen LogP contribution in [-0.4, -0.2) is 34.2 Å². The number of carbonyl (C=O) groups excluding carboxylic acids is 2. The van der Waals surface area contributed by atoms with E-state index in [1.807, 2.05) is 30.3 Å². The van der Waals surface area contributed by atoms with E-state index in [0.29, 0.717) is 10.9 Å². The molecule has 0 bridgehead atoms. The van der Waals surface area contributed by atoms with E-state index in [-0.39, 0.29) is 18.0 Å². The molecule has 0 spiro atoms. The zero-order valence-corrected chi connectivity index (χ0v) is 14.3. The molecule has 1 saturated heterocycles. The quantitative estimate of drug-likeness (QED) is 0.916. The smallest absolute Gasteiger partial charge is 0.238 e. The molecule has 7 heteroatoms. The van der Waals surface area contributed by atoms with Crippen molar-refractivity contribution in [3.63, 3.8) is 0 Å². The van der Waals surface area contributed by atoms with E-state index in [0.717, 1.165) is 0 Å². The molecule has 1 heterocycles. The highest BCUT2D eigenvalue weighted by atomic mass is 32.2. The predicted molar refractivity (Wildman–Crippen MR) is 97.3 cm³/mol. The van der Waals surface area contributed by atoms with Crippen LogP contribution in [0.5, 0.6) is 0 Å². The SMILES string of the molecule is CN1C(=O)CC(C(=O)Nc2ccccc2F)SC1=Nc1ccccc1. The number of hydrogen-bond acceptors (Lipinski definition) is 4. The van der Waals surface area contributed by atoms with Crippen LogP contribution in [0.1, 0.15) is 6.42 Å². The van der Waals surface area contributed by atoms with E-state index in [1.165, 1.54) is 28.8 Å². The summed E-state index contributed by atoms with van der Waals surface area (Å²) in [7, 11) is 1.63. The van der Waals surface area contributed by atoms with E-state index in [1.54, 1.807) is 19.2 Å². The molecule has 128 valence electrons. The lowest BCUT2D eigenvalue weighted by molar-refractivity contribution is -0.128. The number of rotatable bonds is 3. The molecule has 0 saturated carbocycles. The number of carbonyl (C=O) groups is 2. The number of hydrogen-bond donors (Lipinski definition) is 1. The molecular weight excluding hydrogens is 341 g/mol. The number of halogens is 1. The Morgan fingerprint density at radius 3 is 2.60 bits per heavy atom. The first-order valence-electron chi connectivity index (χ1n) is 7.67. The Kier molecular flexibility index (Phi) is 5.14. The van der Waals surface area contributed by atoms with Crippen LogP contribution in [0.2, 0.25) is 0 Å². The van der Waals surface area contributed by atoms with Crippen LogP contribution in [0.4, 0.5) is 15.8 Å². The van der Waals surface area contributed by atoms with Gasteiger partial charge in [-0.25, -0.2) is 9.38 Å². The minimum atomic E-state index is -0.661. The lowest BCUT2D eigenvalue weighted by Crippen LogP contribution is -2.43. The summed E-state index contributed by atoms with van der Waals surface area (Å²) in [6.45, 7) is 0. The molecule has 1 N–H and O–H groups in total. The summed E-state index contributed by atoms with van der Waals surface area (Å²) in [5.74, 6) is -1.14. The van der Waals surface area contributed by atoms with Gasteiger partial charge in [-0.05, 0) is 24.3 Å². The number of thioether (sulfide) groups is 1. The van der Waals surface area contributed by atoms with Crippen LogP contribution in [0.25, 0.3) is 0 Å². The molecule has 3 rings (SSSR count). The van der Waals surface area contributed by atoms with Crippen LogP contribution >= 0.6 is 11.8 Å². The first-order valence-corrected chi connectivity index (χ1v) is 8.55. The number of aliphatic imine (C=N–C) groups is 1. The lowest BCUT2D eigenvalue weighted by atomic mass is 10.2. The Bertz CT molecular complexity index is 826. The normalized spacial score (nSPS) is 19.1. The molecule has 25 heavy (non-hydrogen) atoms. The van der Waals surface area contributed by atoms with Crippen molar-refractivity contribution < 1.29 is 14.0 Å². The van der Waals surface area contributed by atoms with Gasteiger partial charge in [-0.1, -0.05) is 42.1 Å². The molecule has 2 amide bonds. The van der Waals surface area contributed by atoms with E-state index < -0.39 is 17.0 Å². The van der Waals surface area contributed by atoms with Crippen LogP contribution in [-0.2, 0) is 9.59 Å². The molecule has 2 aromatic carbocycles. The van der Waals surface area contributed by atoms with E-state index in [9.17, 15) is 14.0 Å². The zero-order valence-electron chi connectivity index (χ0n) is 13.5. The third kappa shape index (κ3) is 4.06. The van der Waals surface area contributed by atoms with Crippen molar-refractivity contribution in [2.75, 3.05) is 12.4 Å². The highest BCUT2D eigenvalue weighted by Crippen LogP contribution is 2.29. The van der Waals surface area contributed by atoms with E-state index in [4.69, 9.17) is 0 Å². The molecule has 1 atom stereocenters. The fraction of sp³-hybridized carbons (Fsp3) is 0.167. The summed E-state index contributed by atoms with van der Waals surface area (Å²) in [6, 6.07) is 15.1. The van der Waals surface area contributed by atoms with Gasteiger partial charge in [-0.15, -0.1) is 0 Å². The van der Waals surface area contributed by atoms with Crippen LogP contribution in [0, 0.1) is 5.82 Å². The van der Waals surface area contributed by atoms with Crippen LogP contribution in [0.15, 0.2) is 59.6 Å². The van der Waals surface area contributed by atoms with Crippen LogP contribution < -0.4 is 5.32 Å². The minimum Gasteiger partial charge on any atom is -0.323 e. The number of para-hydroxylation sites is 2. The molecule has 2 aromatic rings. The second-order valence-corrected chi connectivity index (χ2v) is 6.63. The summed E-state index contributed by atoms with van der Waals surface area (Å²) in [5, 5.41) is 2.32. The van der Waals surface area contributed by atoms with Crippen molar-refractivity contribution in [2.45, 2.75) is 11.7 Å². The maximum Gasteiger partial charge on any atom is 0.238 e. The largest absolute Gasteiger partial charge is 0.323 e. The average Bonchev–Trinajstić information content (AvgIpc) is 2.61. The Labute approximate surface area is 148 Å². The highest BCUT2D eigenvalue weighted by molar-refractivity contribution is 8.15. The van der Waals surface area contributed by atoms with Crippen molar-refractivity contribution in [1.82, 2.24) is 4.90 Å². The lowest BCUT2D eigenvalue weighted by Gasteiger charge is -2.28. The van der Waals surface area contributed by atoms with Crippen LogP contribution in [0.3, 0.4) is 0 Å².